The Kier molecular flexibility index (Phi) is 6.26. The first-order valence-corrected chi connectivity index (χ1v) is 11.7. The molecule has 0 spiro atoms. The van der Waals surface area contributed by atoms with Gasteiger partial charge in [-0.1, -0.05) is 17.7 Å². The molecule has 3 heterocycles. The van der Waals surface area contributed by atoms with E-state index in [2.05, 4.69) is 9.80 Å². The topological polar surface area (TPSA) is 43.9 Å². The standard InChI is InChI=1S/C22H31N3O2S/c1-17-5-7-19(8-6-17)25-14-18(13-21(25)26)22(27)24-11-4-12-28-16-20(24)15-23-9-2-3-10-23/h5-8,18,20H,2-4,9-16H2,1H3. The summed E-state index contributed by atoms with van der Waals surface area (Å²) in [6.07, 6.45) is 3.94. The molecule has 0 radical (unpaired) electrons. The van der Waals surface area contributed by atoms with Gasteiger partial charge in [-0.2, -0.15) is 11.8 Å². The molecule has 3 fully saturated rings. The van der Waals surface area contributed by atoms with E-state index in [9.17, 15) is 9.59 Å². The SMILES string of the molecule is Cc1ccc(N2CC(C(=O)N3CCCSCC3CN3CCCC3)CC2=O)cc1. The number of rotatable bonds is 4. The zero-order valence-electron chi connectivity index (χ0n) is 16.8. The van der Waals surface area contributed by atoms with Crippen molar-refractivity contribution in [1.82, 2.24) is 9.80 Å². The Balaban J connectivity index is 1.45. The van der Waals surface area contributed by atoms with Crippen LogP contribution < -0.4 is 4.90 Å². The van der Waals surface area contributed by atoms with Gasteiger partial charge in [-0.15, -0.1) is 0 Å². The van der Waals surface area contributed by atoms with Crippen molar-refractivity contribution >= 4 is 29.3 Å². The van der Waals surface area contributed by atoms with E-state index in [1.54, 1.807) is 4.90 Å². The van der Waals surface area contributed by atoms with Crippen molar-refractivity contribution < 1.29 is 9.59 Å². The molecule has 6 heteroatoms. The molecule has 1 aromatic carbocycles. The Morgan fingerprint density at radius 3 is 2.61 bits per heavy atom. The lowest BCUT2D eigenvalue weighted by molar-refractivity contribution is -0.138. The number of amides is 2. The van der Waals surface area contributed by atoms with Crippen LogP contribution in [0.15, 0.2) is 24.3 Å². The second kappa shape index (κ2) is 8.87. The number of likely N-dealkylation sites (tertiary alicyclic amines) is 1. The van der Waals surface area contributed by atoms with Crippen molar-refractivity contribution in [2.75, 3.05) is 49.1 Å². The minimum absolute atomic E-state index is 0.0718. The maximum atomic E-state index is 13.4. The molecule has 3 saturated heterocycles. The summed E-state index contributed by atoms with van der Waals surface area (Å²) in [5.41, 5.74) is 2.08. The van der Waals surface area contributed by atoms with Gasteiger partial charge in [0.25, 0.3) is 0 Å². The zero-order chi connectivity index (χ0) is 19.5. The molecule has 0 saturated carbocycles. The van der Waals surface area contributed by atoms with Crippen molar-refractivity contribution in [1.29, 1.82) is 0 Å². The fraction of sp³-hybridized carbons (Fsp3) is 0.636. The molecule has 2 unspecified atom stereocenters. The van der Waals surface area contributed by atoms with Gasteiger partial charge in [0, 0.05) is 37.5 Å². The number of thioether (sulfide) groups is 1. The molecular formula is C22H31N3O2S. The highest BCUT2D eigenvalue weighted by atomic mass is 32.2. The largest absolute Gasteiger partial charge is 0.337 e. The van der Waals surface area contributed by atoms with Crippen molar-refractivity contribution in [2.45, 2.75) is 38.6 Å². The van der Waals surface area contributed by atoms with Crippen LogP contribution in [0.4, 0.5) is 5.69 Å². The zero-order valence-corrected chi connectivity index (χ0v) is 17.6. The van der Waals surface area contributed by atoms with Crippen molar-refractivity contribution in [3.63, 3.8) is 0 Å². The molecular weight excluding hydrogens is 370 g/mol. The van der Waals surface area contributed by atoms with E-state index in [1.165, 1.54) is 18.4 Å². The quantitative estimate of drug-likeness (QED) is 0.778. The van der Waals surface area contributed by atoms with Crippen LogP contribution in [0, 0.1) is 12.8 Å². The van der Waals surface area contributed by atoms with Crippen molar-refractivity contribution in [2.24, 2.45) is 5.92 Å². The molecule has 1 aromatic rings. The van der Waals surface area contributed by atoms with Gasteiger partial charge in [-0.3, -0.25) is 9.59 Å². The second-order valence-corrected chi connectivity index (χ2v) is 9.51. The molecule has 4 rings (SSSR count). The lowest BCUT2D eigenvalue weighted by Crippen LogP contribution is -2.50. The third kappa shape index (κ3) is 4.38. The molecule has 3 aliphatic heterocycles. The highest BCUT2D eigenvalue weighted by molar-refractivity contribution is 7.99. The molecule has 3 aliphatic rings. The first-order valence-electron chi connectivity index (χ1n) is 10.6. The van der Waals surface area contributed by atoms with Gasteiger partial charge in [0.1, 0.15) is 0 Å². The summed E-state index contributed by atoms with van der Waals surface area (Å²) in [7, 11) is 0. The van der Waals surface area contributed by atoms with Crippen molar-refractivity contribution in [3.05, 3.63) is 29.8 Å². The average Bonchev–Trinajstić information content (AvgIpc) is 3.27. The monoisotopic (exact) mass is 401 g/mol. The van der Waals surface area contributed by atoms with E-state index >= 15 is 0 Å². The predicted molar refractivity (Wildman–Crippen MR) is 115 cm³/mol. The van der Waals surface area contributed by atoms with Crippen LogP contribution in [0.3, 0.4) is 0 Å². The fourth-order valence-corrected chi connectivity index (χ4v) is 5.67. The first kappa shape index (κ1) is 19.8. The molecule has 0 N–H and O–H groups in total. The smallest absolute Gasteiger partial charge is 0.228 e. The lowest BCUT2D eigenvalue weighted by atomic mass is 10.1. The Hall–Kier alpha value is -1.53. The van der Waals surface area contributed by atoms with E-state index in [4.69, 9.17) is 0 Å². The molecule has 0 aromatic heterocycles. The number of carbonyl (C=O) groups excluding carboxylic acids is 2. The van der Waals surface area contributed by atoms with Crippen LogP contribution in [0.25, 0.3) is 0 Å². The minimum atomic E-state index is -0.210. The number of aryl methyl sites for hydroxylation is 1. The molecule has 0 aliphatic carbocycles. The molecule has 152 valence electrons. The van der Waals surface area contributed by atoms with E-state index in [0.717, 1.165) is 49.8 Å². The summed E-state index contributed by atoms with van der Waals surface area (Å²) in [6.45, 7) is 6.69. The number of hydrogen-bond acceptors (Lipinski definition) is 4. The van der Waals surface area contributed by atoms with E-state index in [-0.39, 0.29) is 23.8 Å². The van der Waals surface area contributed by atoms with Gasteiger partial charge >= 0.3 is 0 Å². The van der Waals surface area contributed by atoms with Gasteiger partial charge in [-0.05, 0) is 57.2 Å². The average molecular weight is 402 g/mol. The Morgan fingerprint density at radius 1 is 1.11 bits per heavy atom. The predicted octanol–water partition coefficient (Wildman–Crippen LogP) is 2.78. The van der Waals surface area contributed by atoms with Gasteiger partial charge in [0.05, 0.1) is 12.0 Å². The second-order valence-electron chi connectivity index (χ2n) is 8.36. The number of carbonyl (C=O) groups is 2. The van der Waals surface area contributed by atoms with Crippen molar-refractivity contribution in [3.8, 4) is 0 Å². The Morgan fingerprint density at radius 2 is 1.86 bits per heavy atom. The third-order valence-electron chi connectivity index (χ3n) is 6.21. The normalized spacial score (nSPS) is 26.7. The van der Waals surface area contributed by atoms with Gasteiger partial charge < -0.3 is 14.7 Å². The molecule has 28 heavy (non-hydrogen) atoms. The van der Waals surface area contributed by atoms with E-state index < -0.39 is 0 Å². The summed E-state index contributed by atoms with van der Waals surface area (Å²) in [4.78, 5) is 32.5. The number of benzene rings is 1. The minimum Gasteiger partial charge on any atom is -0.337 e. The van der Waals surface area contributed by atoms with Gasteiger partial charge in [0.15, 0.2) is 0 Å². The summed E-state index contributed by atoms with van der Waals surface area (Å²) in [5, 5.41) is 0. The molecule has 2 atom stereocenters. The van der Waals surface area contributed by atoms with Crippen LogP contribution in [-0.4, -0.2) is 71.9 Å². The van der Waals surface area contributed by atoms with Gasteiger partial charge in [-0.25, -0.2) is 0 Å². The molecule has 0 bridgehead atoms. The maximum Gasteiger partial charge on any atom is 0.228 e. The number of hydrogen-bond donors (Lipinski definition) is 0. The van der Waals surface area contributed by atoms with E-state index in [1.807, 2.05) is 43.0 Å². The van der Waals surface area contributed by atoms with Crippen LogP contribution in [-0.2, 0) is 9.59 Å². The van der Waals surface area contributed by atoms with Gasteiger partial charge in [0.2, 0.25) is 11.8 Å². The Labute approximate surface area is 172 Å². The molecule has 2 amide bonds. The number of anilines is 1. The summed E-state index contributed by atoms with van der Waals surface area (Å²) < 4.78 is 0. The lowest BCUT2D eigenvalue weighted by Gasteiger charge is -2.34. The van der Waals surface area contributed by atoms with Crippen LogP contribution in [0.1, 0.15) is 31.2 Å². The Bertz CT molecular complexity index is 702. The number of nitrogens with zero attached hydrogens (tertiary/aromatic N) is 3. The highest BCUT2D eigenvalue weighted by Gasteiger charge is 2.39. The third-order valence-corrected chi connectivity index (χ3v) is 7.41. The van der Waals surface area contributed by atoms with E-state index in [0.29, 0.717) is 13.0 Å². The van der Waals surface area contributed by atoms with Crippen LogP contribution in [0.5, 0.6) is 0 Å². The fourth-order valence-electron chi connectivity index (χ4n) is 4.62. The maximum absolute atomic E-state index is 13.4. The summed E-state index contributed by atoms with van der Waals surface area (Å²) >= 11 is 1.97. The highest BCUT2D eigenvalue weighted by Crippen LogP contribution is 2.29. The summed E-state index contributed by atoms with van der Waals surface area (Å²) in [5.74, 6) is 2.19. The first-order chi connectivity index (χ1) is 13.6. The van der Waals surface area contributed by atoms with Crippen LogP contribution >= 0.6 is 11.8 Å². The molecule has 5 nitrogen and oxygen atoms in total. The van der Waals surface area contributed by atoms with Crippen LogP contribution in [0.2, 0.25) is 0 Å². The summed E-state index contributed by atoms with van der Waals surface area (Å²) in [6, 6.07) is 8.30.